The van der Waals surface area contributed by atoms with Gasteiger partial charge in [0.2, 0.25) is 6.29 Å². The quantitative estimate of drug-likeness (QED) is 0.0734. The van der Waals surface area contributed by atoms with Crippen molar-refractivity contribution in [2.45, 2.75) is 204 Å². The Balaban J connectivity index is 0.995. The van der Waals surface area contributed by atoms with Gasteiger partial charge in [-0.15, -0.1) is 0 Å². The van der Waals surface area contributed by atoms with Crippen molar-refractivity contribution in [3.8, 4) is 0 Å². The smallest absolute Gasteiger partial charge is 0.315 e. The summed E-state index contributed by atoms with van der Waals surface area (Å²) in [4.78, 5) is 27.7. The van der Waals surface area contributed by atoms with Crippen LogP contribution in [0.5, 0.6) is 0 Å². The highest BCUT2D eigenvalue weighted by Crippen LogP contribution is 2.76. The molecule has 19 nitrogen and oxygen atoms in total. The summed E-state index contributed by atoms with van der Waals surface area (Å²) >= 11 is 0. The van der Waals surface area contributed by atoms with Crippen molar-refractivity contribution in [3.05, 3.63) is 11.6 Å². The van der Waals surface area contributed by atoms with Crippen molar-refractivity contribution >= 4 is 12.3 Å². The van der Waals surface area contributed by atoms with Gasteiger partial charge in [0, 0.05) is 10.8 Å². The number of carbonyl (C=O) groups excluding carboxylic acids is 2. The van der Waals surface area contributed by atoms with E-state index in [1.54, 1.807) is 0 Å². The van der Waals surface area contributed by atoms with Crippen LogP contribution in [-0.2, 0) is 38.0 Å². The third-order valence-corrected chi connectivity index (χ3v) is 19.5. The Morgan fingerprint density at radius 1 is 0.687 bits per heavy atom. The van der Waals surface area contributed by atoms with Crippen molar-refractivity contribution in [1.29, 1.82) is 0 Å². The normalized spacial score (nSPS) is 55.5. The van der Waals surface area contributed by atoms with E-state index in [9.17, 15) is 65.8 Å². The Morgan fingerprint density at radius 3 is 1.85 bits per heavy atom. The summed E-state index contributed by atoms with van der Waals surface area (Å²) in [5, 5.41) is 119. The maximum Gasteiger partial charge on any atom is 0.315 e. The molecule has 8 aliphatic rings. The van der Waals surface area contributed by atoms with Crippen molar-refractivity contribution < 1.29 is 94.2 Å². The fourth-order valence-corrected chi connectivity index (χ4v) is 14.9. The first-order valence-corrected chi connectivity index (χ1v) is 24.4. The van der Waals surface area contributed by atoms with E-state index in [0.29, 0.717) is 38.5 Å². The van der Waals surface area contributed by atoms with Gasteiger partial charge in [-0.1, -0.05) is 46.3 Å². The summed E-state index contributed by atoms with van der Waals surface area (Å²) in [7, 11) is 0. The second kappa shape index (κ2) is 18.4. The number of aliphatic hydroxyl groups is 11. The molecule has 25 atom stereocenters. The number of aldehydes is 1. The molecule has 0 bridgehead atoms. The zero-order valence-corrected chi connectivity index (χ0v) is 39.5. The first-order chi connectivity index (χ1) is 31.4. The van der Waals surface area contributed by atoms with Gasteiger partial charge in [0.25, 0.3) is 0 Å². The molecule has 4 saturated carbocycles. The number of fused-ring (bicyclic) bond motifs is 7. The van der Waals surface area contributed by atoms with E-state index in [4.69, 9.17) is 28.4 Å². The topological polar surface area (TPSA) is 312 Å². The Kier molecular flexibility index (Phi) is 14.1. The van der Waals surface area contributed by atoms with Crippen LogP contribution in [0.15, 0.2) is 11.6 Å². The summed E-state index contributed by atoms with van der Waals surface area (Å²) in [5.74, 6) is -0.725. The lowest BCUT2D eigenvalue weighted by Gasteiger charge is -2.71. The molecule has 0 amide bonds. The first kappa shape index (κ1) is 51.6. The minimum absolute atomic E-state index is 0.0925. The van der Waals surface area contributed by atoms with Crippen LogP contribution in [0.25, 0.3) is 0 Å². The van der Waals surface area contributed by atoms with E-state index in [1.807, 2.05) is 13.8 Å². The van der Waals surface area contributed by atoms with Crippen LogP contribution in [0.1, 0.15) is 106 Å². The third-order valence-electron chi connectivity index (χ3n) is 19.5. The molecule has 0 spiro atoms. The molecule has 67 heavy (non-hydrogen) atoms. The van der Waals surface area contributed by atoms with Gasteiger partial charge in [0.05, 0.1) is 37.4 Å². The Labute approximate surface area is 391 Å². The highest BCUT2D eigenvalue weighted by molar-refractivity contribution is 5.79. The van der Waals surface area contributed by atoms with E-state index < -0.39 is 140 Å². The largest absolute Gasteiger partial charge is 0.432 e. The lowest BCUT2D eigenvalue weighted by molar-refractivity contribution is -0.377. The average molecular weight is 957 g/mol. The fraction of sp³-hybridized carbons (Fsp3) is 0.917. The van der Waals surface area contributed by atoms with E-state index in [0.717, 1.165) is 37.5 Å². The Hall–Kier alpha value is -1.76. The molecule has 3 saturated heterocycles. The second-order valence-corrected chi connectivity index (χ2v) is 22.9. The maximum absolute atomic E-state index is 15.0. The highest BCUT2D eigenvalue weighted by atomic mass is 16.8. The molecule has 7 fully saturated rings. The highest BCUT2D eigenvalue weighted by Gasteiger charge is 2.70. The van der Waals surface area contributed by atoms with Crippen LogP contribution < -0.4 is 0 Å². The van der Waals surface area contributed by atoms with E-state index >= 15 is 0 Å². The standard InChI is InChI=1S/C48H76O19/c1-22-30(54)31(55)34(58)39(62-22)65-37-25(18-49)63-40(35(59)32(37)56)66-38-26(19-50)64-41(36(60)33(38)57)67-42(61)48-15-13-43(2,20-51)17-24(48)23-7-8-28-44(3)11-10-29(53)45(4,21-52)27(44)9-12-47(28,6)46(23,5)14-16-48/h7,20,22,24-41,49-50,52-60H,8-19,21H2,1-6H3/t22-,24-,25-,26-,27-,28+,29+,30-,31+,32-,33-,34-,35-,36-,37-,38-,39+,40+,41+,43+,44-,45-,46+,47+,48-/m0/s1. The van der Waals surface area contributed by atoms with Gasteiger partial charge in [-0.25, -0.2) is 0 Å². The summed E-state index contributed by atoms with van der Waals surface area (Å²) in [5.41, 5.74) is -2.09. The molecule has 11 N–H and O–H groups in total. The molecule has 0 aromatic rings. The van der Waals surface area contributed by atoms with Crippen LogP contribution in [0.2, 0.25) is 0 Å². The lowest BCUT2D eigenvalue weighted by atomic mass is 9.33. The van der Waals surface area contributed by atoms with E-state index in [2.05, 4.69) is 26.8 Å². The molecule has 0 aromatic carbocycles. The number of esters is 1. The summed E-state index contributed by atoms with van der Waals surface area (Å²) in [6.45, 7) is 10.6. The minimum Gasteiger partial charge on any atom is -0.432 e. The van der Waals surface area contributed by atoms with Crippen molar-refractivity contribution in [1.82, 2.24) is 0 Å². The van der Waals surface area contributed by atoms with Gasteiger partial charge in [0.15, 0.2) is 12.6 Å². The summed E-state index contributed by atoms with van der Waals surface area (Å²) in [6.07, 6.45) is -16.3. The van der Waals surface area contributed by atoms with Gasteiger partial charge < -0.3 is 89.4 Å². The molecule has 5 aliphatic carbocycles. The molecular formula is C48H76O19. The number of ether oxygens (including phenoxy) is 6. The molecule has 0 radical (unpaired) electrons. The van der Waals surface area contributed by atoms with Crippen LogP contribution in [0, 0.1) is 50.2 Å². The van der Waals surface area contributed by atoms with Crippen LogP contribution >= 0.6 is 0 Å². The summed E-state index contributed by atoms with van der Waals surface area (Å²) < 4.78 is 34.7. The second-order valence-electron chi connectivity index (χ2n) is 22.9. The van der Waals surface area contributed by atoms with Crippen molar-refractivity contribution in [2.75, 3.05) is 19.8 Å². The van der Waals surface area contributed by atoms with E-state index in [-0.39, 0.29) is 34.7 Å². The molecular weight excluding hydrogens is 881 g/mol. The fourth-order valence-electron chi connectivity index (χ4n) is 14.9. The lowest BCUT2D eigenvalue weighted by Crippen LogP contribution is -2.67. The monoisotopic (exact) mass is 956 g/mol. The van der Waals surface area contributed by atoms with Gasteiger partial charge in [0.1, 0.15) is 73.4 Å². The number of carbonyl (C=O) groups is 2. The molecule has 8 rings (SSSR count). The molecule has 0 aromatic heterocycles. The van der Waals surface area contributed by atoms with Gasteiger partial charge in [-0.05, 0) is 105 Å². The Bertz CT molecular complexity index is 1850. The molecule has 3 aliphatic heterocycles. The van der Waals surface area contributed by atoms with Gasteiger partial charge in [-0.3, -0.25) is 4.79 Å². The van der Waals surface area contributed by atoms with E-state index in [1.165, 1.54) is 6.92 Å². The number of rotatable bonds is 10. The summed E-state index contributed by atoms with van der Waals surface area (Å²) in [6, 6.07) is 0. The molecule has 382 valence electrons. The third kappa shape index (κ3) is 7.92. The zero-order chi connectivity index (χ0) is 49.0. The predicted molar refractivity (Wildman–Crippen MR) is 231 cm³/mol. The SMILES string of the molecule is C[C@@H]1O[C@H](O[C@@H]2[C@@H](O)[C@H](O)[C@@H](O[C@@H]3[C@@H](O)[C@H](O)[C@@H](OC(=O)[C@]45CC[C@@](C)(C=O)C[C@H]4C4=CC[C@@H]6[C@@]7(C)CC[C@@H](O)[C@@](C)(CO)[C@H]7CC[C@@]6(C)[C@]4(C)CC5)O[C@H]3CO)O[C@H]2CO)[C@@H](O)[C@H](O)[C@H]1O. The maximum atomic E-state index is 15.0. The minimum atomic E-state index is -1.96. The zero-order valence-electron chi connectivity index (χ0n) is 39.5. The van der Waals surface area contributed by atoms with Gasteiger partial charge in [-0.2, -0.15) is 0 Å². The number of hydrogen-bond donors (Lipinski definition) is 11. The van der Waals surface area contributed by atoms with Crippen LogP contribution in [-0.4, -0.2) is 186 Å². The number of allylic oxidation sites excluding steroid dienone is 2. The number of hydrogen-bond acceptors (Lipinski definition) is 19. The van der Waals surface area contributed by atoms with Crippen LogP contribution in [0.4, 0.5) is 0 Å². The molecule has 19 heteroatoms. The predicted octanol–water partition coefficient (Wildman–Crippen LogP) is -0.680. The average Bonchev–Trinajstić information content (AvgIpc) is 3.30. The van der Waals surface area contributed by atoms with Crippen molar-refractivity contribution in [2.24, 2.45) is 50.2 Å². The molecule has 0 unspecified atom stereocenters. The van der Waals surface area contributed by atoms with Crippen molar-refractivity contribution in [3.63, 3.8) is 0 Å². The molecule has 3 heterocycles. The first-order valence-electron chi connectivity index (χ1n) is 24.4. The Morgan fingerprint density at radius 2 is 1.25 bits per heavy atom. The number of aliphatic hydroxyl groups excluding tert-OH is 11. The van der Waals surface area contributed by atoms with Gasteiger partial charge >= 0.3 is 5.97 Å². The van der Waals surface area contributed by atoms with Crippen LogP contribution in [0.3, 0.4) is 0 Å².